The summed E-state index contributed by atoms with van der Waals surface area (Å²) in [7, 11) is 1.23. The predicted molar refractivity (Wildman–Crippen MR) is 208 cm³/mol. The van der Waals surface area contributed by atoms with E-state index in [2.05, 4.69) is 16.0 Å². The molecule has 0 aliphatic heterocycles. The number of nitrogens with one attached hydrogen (secondary N) is 3. The molecule has 10 nitrogen and oxygen atoms in total. The van der Waals surface area contributed by atoms with Crippen LogP contribution in [-0.2, 0) is 43.3 Å². The second-order valence-corrected chi connectivity index (χ2v) is 15.3. The van der Waals surface area contributed by atoms with Gasteiger partial charge in [-0.2, -0.15) is 0 Å². The van der Waals surface area contributed by atoms with Gasteiger partial charge in [0.2, 0.25) is 11.8 Å². The molecule has 0 aromatic heterocycles. The van der Waals surface area contributed by atoms with Crippen LogP contribution in [0.25, 0.3) is 0 Å². The topological polar surface area (TPSA) is 132 Å². The largest absolute Gasteiger partial charge is 0.487 e. The maximum Gasteiger partial charge on any atom is 0.408 e. The molecule has 5 rings (SSSR count). The highest BCUT2D eigenvalue weighted by Gasteiger charge is 2.58. The van der Waals surface area contributed by atoms with Crippen molar-refractivity contribution >= 4 is 29.6 Å². The Labute approximate surface area is 322 Å². The molecule has 0 spiro atoms. The van der Waals surface area contributed by atoms with E-state index in [9.17, 15) is 14.0 Å². The molecule has 3 atom stereocenters. The molecule has 0 radical (unpaired) electrons. The molecule has 55 heavy (non-hydrogen) atoms. The number of para-hydroxylation sites is 2. The van der Waals surface area contributed by atoms with Crippen molar-refractivity contribution in [3.05, 3.63) is 131 Å². The third-order valence-electron chi connectivity index (χ3n) is 9.58. The van der Waals surface area contributed by atoms with Gasteiger partial charge in [0.15, 0.2) is 0 Å². The second kappa shape index (κ2) is 17.6. The number of hydrogen-bond acceptors (Lipinski definition) is 7. The molecule has 0 saturated heterocycles. The predicted octanol–water partition coefficient (Wildman–Crippen LogP) is 7.51. The zero-order chi connectivity index (χ0) is 39.8. The number of carbonyl (C=O) groups excluding carboxylic acids is 4. The smallest absolute Gasteiger partial charge is 0.408 e. The Hall–Kier alpha value is -5.71. The van der Waals surface area contributed by atoms with Crippen molar-refractivity contribution in [2.45, 2.75) is 83.6 Å². The van der Waals surface area contributed by atoms with Crippen LogP contribution in [0.4, 0.5) is 14.9 Å². The van der Waals surface area contributed by atoms with E-state index >= 15 is 9.59 Å². The van der Waals surface area contributed by atoms with Crippen LogP contribution in [0.2, 0.25) is 0 Å². The van der Waals surface area contributed by atoms with E-state index in [-0.39, 0.29) is 37.4 Å². The fourth-order valence-corrected chi connectivity index (χ4v) is 7.15. The van der Waals surface area contributed by atoms with Crippen LogP contribution < -0.4 is 20.7 Å². The summed E-state index contributed by atoms with van der Waals surface area (Å²) < 4.78 is 31.6. The summed E-state index contributed by atoms with van der Waals surface area (Å²) in [4.78, 5) is 57.9. The van der Waals surface area contributed by atoms with Gasteiger partial charge in [-0.1, -0.05) is 92.7 Å². The van der Waals surface area contributed by atoms with Crippen molar-refractivity contribution in [2.24, 2.45) is 11.8 Å². The Morgan fingerprint density at radius 1 is 0.818 bits per heavy atom. The lowest BCUT2D eigenvalue weighted by Gasteiger charge is -2.44. The Bertz CT molecular complexity index is 1940. The summed E-state index contributed by atoms with van der Waals surface area (Å²) in [6.07, 6.45) is -0.170. The standard InChI is InChI=1S/C44H50FN3O7/c1-28(2)24-36(40(50)53-6)47-41(51)44(48-42(52)55-43(3,4)5,33-25-31-16-10-11-17-32(31)26-33)38(30-20-22-34(45)23-21-30)39(49)46-35-18-12-13-19-37(35)54-27-29-14-8-7-9-15-29/h7-23,28,33,36,38H,24-27H2,1-6H3,(H,46,49)(H,47,51)(H,48,52)/t36-,38+,44-/m1/s1. The number of fused-ring (bicyclic) bond motifs is 1. The van der Waals surface area contributed by atoms with Gasteiger partial charge in [-0.05, 0) is 92.5 Å². The summed E-state index contributed by atoms with van der Waals surface area (Å²) in [5, 5.41) is 8.77. The van der Waals surface area contributed by atoms with Crippen LogP contribution in [0.5, 0.6) is 5.75 Å². The number of hydrogen-bond donors (Lipinski definition) is 3. The summed E-state index contributed by atoms with van der Waals surface area (Å²) in [5.74, 6) is -4.67. The quantitative estimate of drug-likeness (QED) is 0.114. The van der Waals surface area contributed by atoms with Crippen molar-refractivity contribution in [2.75, 3.05) is 12.4 Å². The zero-order valence-electron chi connectivity index (χ0n) is 32.2. The number of rotatable bonds is 14. The average Bonchev–Trinajstić information content (AvgIpc) is 3.59. The van der Waals surface area contributed by atoms with Crippen LogP contribution in [0, 0.1) is 17.7 Å². The van der Waals surface area contributed by atoms with E-state index in [0.29, 0.717) is 11.4 Å². The number of amides is 3. The minimum atomic E-state index is -2.12. The molecule has 0 bridgehead atoms. The van der Waals surface area contributed by atoms with Crippen LogP contribution >= 0.6 is 0 Å². The molecule has 3 N–H and O–H groups in total. The van der Waals surface area contributed by atoms with Gasteiger partial charge in [-0.25, -0.2) is 14.0 Å². The first-order valence-corrected chi connectivity index (χ1v) is 18.5. The molecular formula is C44H50FN3O7. The molecule has 0 fully saturated rings. The molecule has 0 saturated carbocycles. The van der Waals surface area contributed by atoms with Crippen molar-refractivity contribution in [3.63, 3.8) is 0 Å². The molecule has 290 valence electrons. The number of carbonyl (C=O) groups is 4. The number of halogens is 1. The van der Waals surface area contributed by atoms with E-state index in [1.165, 1.54) is 31.4 Å². The lowest BCUT2D eigenvalue weighted by atomic mass is 9.68. The first kappa shape index (κ1) is 40.5. The van der Waals surface area contributed by atoms with Crippen molar-refractivity contribution in [1.82, 2.24) is 10.6 Å². The van der Waals surface area contributed by atoms with Gasteiger partial charge >= 0.3 is 12.1 Å². The Morgan fingerprint density at radius 3 is 2.02 bits per heavy atom. The minimum Gasteiger partial charge on any atom is -0.487 e. The lowest BCUT2D eigenvalue weighted by molar-refractivity contribution is -0.147. The van der Waals surface area contributed by atoms with E-state index in [1.54, 1.807) is 45.0 Å². The molecule has 1 aliphatic rings. The molecule has 11 heteroatoms. The molecule has 0 heterocycles. The van der Waals surface area contributed by atoms with Crippen molar-refractivity contribution < 1.29 is 37.8 Å². The first-order valence-electron chi connectivity index (χ1n) is 18.5. The Balaban J connectivity index is 1.70. The third-order valence-corrected chi connectivity index (χ3v) is 9.58. The van der Waals surface area contributed by atoms with Crippen LogP contribution in [0.1, 0.15) is 69.2 Å². The molecular weight excluding hydrogens is 701 g/mol. The number of methoxy groups -OCH3 is 1. The highest BCUT2D eigenvalue weighted by atomic mass is 19.1. The average molecular weight is 752 g/mol. The monoisotopic (exact) mass is 751 g/mol. The fraction of sp³-hybridized carbons (Fsp3) is 0.364. The van der Waals surface area contributed by atoms with E-state index < -0.39 is 58.7 Å². The molecule has 3 amide bonds. The highest BCUT2D eigenvalue weighted by Crippen LogP contribution is 2.44. The SMILES string of the molecule is COC(=O)[C@@H](CC(C)C)NC(=O)[C@@](NC(=O)OC(C)(C)C)(C1Cc2ccccc2C1)[C@H](C(=O)Nc1ccccc1OCc1ccccc1)c1ccc(F)cc1. The van der Waals surface area contributed by atoms with E-state index in [1.807, 2.05) is 68.4 Å². The van der Waals surface area contributed by atoms with E-state index in [0.717, 1.165) is 16.7 Å². The normalized spacial score (nSPS) is 14.8. The fourth-order valence-electron chi connectivity index (χ4n) is 7.15. The van der Waals surface area contributed by atoms with Gasteiger partial charge in [0, 0.05) is 5.92 Å². The Kier molecular flexibility index (Phi) is 13.0. The number of benzene rings is 4. The minimum absolute atomic E-state index is 0.0445. The van der Waals surface area contributed by atoms with Crippen molar-refractivity contribution in [1.29, 1.82) is 0 Å². The van der Waals surface area contributed by atoms with Crippen LogP contribution in [0.15, 0.2) is 103 Å². The zero-order valence-corrected chi connectivity index (χ0v) is 32.2. The highest BCUT2D eigenvalue weighted by molar-refractivity contribution is 6.05. The first-order chi connectivity index (χ1) is 26.2. The molecule has 1 aliphatic carbocycles. The van der Waals surface area contributed by atoms with Gasteiger partial charge in [-0.15, -0.1) is 0 Å². The van der Waals surface area contributed by atoms with Gasteiger partial charge in [0.1, 0.15) is 35.4 Å². The molecule has 4 aromatic rings. The van der Waals surface area contributed by atoms with Gasteiger partial charge < -0.3 is 30.2 Å². The lowest BCUT2D eigenvalue weighted by Crippen LogP contribution is -2.70. The van der Waals surface area contributed by atoms with E-state index in [4.69, 9.17) is 14.2 Å². The summed E-state index contributed by atoms with van der Waals surface area (Å²) in [5.41, 5.74) is 0.214. The summed E-state index contributed by atoms with van der Waals surface area (Å²) in [6.45, 7) is 9.07. The van der Waals surface area contributed by atoms with Crippen molar-refractivity contribution in [3.8, 4) is 5.75 Å². The summed E-state index contributed by atoms with van der Waals surface area (Å²) in [6, 6.07) is 28.2. The van der Waals surface area contributed by atoms with Gasteiger partial charge in [-0.3, -0.25) is 9.59 Å². The summed E-state index contributed by atoms with van der Waals surface area (Å²) >= 11 is 0. The molecule has 0 unspecified atom stereocenters. The number of ether oxygens (including phenoxy) is 3. The number of anilines is 1. The maximum absolute atomic E-state index is 15.4. The number of alkyl carbamates (subject to hydrolysis) is 1. The third kappa shape index (κ3) is 10.1. The van der Waals surface area contributed by atoms with Gasteiger partial charge in [0.25, 0.3) is 0 Å². The van der Waals surface area contributed by atoms with Gasteiger partial charge in [0.05, 0.1) is 18.7 Å². The second-order valence-electron chi connectivity index (χ2n) is 15.3. The maximum atomic E-state index is 15.4. The van der Waals surface area contributed by atoms with Crippen LogP contribution in [0.3, 0.4) is 0 Å². The Morgan fingerprint density at radius 2 is 1.42 bits per heavy atom. The molecule has 4 aromatic carbocycles. The van der Waals surface area contributed by atoms with Crippen LogP contribution in [-0.4, -0.2) is 48.2 Å². The number of esters is 1.